The van der Waals surface area contributed by atoms with E-state index in [9.17, 15) is 4.39 Å². The fraction of sp³-hybridized carbons (Fsp3) is 0.438. The van der Waals surface area contributed by atoms with E-state index in [0.717, 1.165) is 42.9 Å². The molecule has 0 saturated carbocycles. The summed E-state index contributed by atoms with van der Waals surface area (Å²) in [5.74, 6) is 0.687. The Labute approximate surface area is 132 Å². The maximum Gasteiger partial charge on any atom is 0.138 e. The summed E-state index contributed by atoms with van der Waals surface area (Å²) < 4.78 is 19.2. The van der Waals surface area contributed by atoms with Crippen molar-refractivity contribution in [2.24, 2.45) is 0 Å². The lowest BCUT2D eigenvalue weighted by atomic mass is 10.0. The van der Waals surface area contributed by atoms with Crippen LogP contribution in [0, 0.1) is 19.7 Å². The zero-order valence-electron chi connectivity index (χ0n) is 12.2. The summed E-state index contributed by atoms with van der Waals surface area (Å²) in [6.07, 6.45) is 2.28. The SMILES string of the molecule is Cc1noc(C)c1C1CCCN1Cc1ccc(F)c(Br)c1. The summed E-state index contributed by atoms with van der Waals surface area (Å²) in [6.45, 7) is 5.83. The second-order valence-electron chi connectivity index (χ2n) is 5.61. The van der Waals surface area contributed by atoms with Gasteiger partial charge in [0.2, 0.25) is 0 Å². The maximum absolute atomic E-state index is 13.3. The molecular weight excluding hydrogens is 335 g/mol. The second kappa shape index (κ2) is 5.89. The summed E-state index contributed by atoms with van der Waals surface area (Å²) in [5.41, 5.74) is 3.31. The average molecular weight is 353 g/mol. The van der Waals surface area contributed by atoms with Crippen molar-refractivity contribution in [1.29, 1.82) is 0 Å². The summed E-state index contributed by atoms with van der Waals surface area (Å²) in [5, 5.41) is 4.07. The van der Waals surface area contributed by atoms with Gasteiger partial charge in [0, 0.05) is 18.2 Å². The molecule has 2 heterocycles. The molecular formula is C16H18BrFN2O. The number of rotatable bonds is 3. The number of aromatic nitrogens is 1. The molecule has 1 unspecified atom stereocenters. The lowest BCUT2D eigenvalue weighted by Crippen LogP contribution is -2.23. The Morgan fingerprint density at radius 3 is 2.90 bits per heavy atom. The van der Waals surface area contributed by atoms with E-state index in [1.165, 1.54) is 11.6 Å². The molecule has 3 rings (SSSR count). The van der Waals surface area contributed by atoms with Gasteiger partial charge in [0.25, 0.3) is 0 Å². The van der Waals surface area contributed by atoms with Crippen LogP contribution in [0.15, 0.2) is 27.2 Å². The van der Waals surface area contributed by atoms with Crippen molar-refractivity contribution in [2.75, 3.05) is 6.54 Å². The van der Waals surface area contributed by atoms with Crippen LogP contribution < -0.4 is 0 Å². The van der Waals surface area contributed by atoms with E-state index in [0.29, 0.717) is 10.5 Å². The van der Waals surface area contributed by atoms with Crippen LogP contribution in [0.5, 0.6) is 0 Å². The third-order valence-electron chi connectivity index (χ3n) is 4.16. The predicted octanol–water partition coefficient (Wildman–Crippen LogP) is 4.53. The molecule has 1 aromatic carbocycles. The first-order chi connectivity index (χ1) is 10.1. The summed E-state index contributed by atoms with van der Waals surface area (Å²) in [7, 11) is 0. The number of hydrogen-bond donors (Lipinski definition) is 0. The van der Waals surface area contributed by atoms with Crippen LogP contribution in [0.1, 0.15) is 41.5 Å². The van der Waals surface area contributed by atoms with Crippen LogP contribution in [0.4, 0.5) is 4.39 Å². The molecule has 21 heavy (non-hydrogen) atoms. The topological polar surface area (TPSA) is 29.3 Å². The molecule has 1 saturated heterocycles. The van der Waals surface area contributed by atoms with E-state index >= 15 is 0 Å². The van der Waals surface area contributed by atoms with Crippen molar-refractivity contribution in [3.05, 3.63) is 51.1 Å². The molecule has 1 aromatic heterocycles. The third-order valence-corrected chi connectivity index (χ3v) is 4.76. The van der Waals surface area contributed by atoms with Gasteiger partial charge in [0.05, 0.1) is 10.2 Å². The Morgan fingerprint density at radius 1 is 1.43 bits per heavy atom. The third kappa shape index (κ3) is 2.90. The highest BCUT2D eigenvalue weighted by atomic mass is 79.9. The minimum Gasteiger partial charge on any atom is -0.361 e. The predicted molar refractivity (Wildman–Crippen MR) is 82.5 cm³/mol. The zero-order chi connectivity index (χ0) is 15.0. The number of benzene rings is 1. The number of likely N-dealkylation sites (tertiary alicyclic amines) is 1. The lowest BCUT2D eigenvalue weighted by Gasteiger charge is -2.24. The molecule has 0 N–H and O–H groups in total. The van der Waals surface area contributed by atoms with Crippen LogP contribution in [-0.4, -0.2) is 16.6 Å². The van der Waals surface area contributed by atoms with E-state index in [2.05, 4.69) is 26.0 Å². The maximum atomic E-state index is 13.3. The van der Waals surface area contributed by atoms with Gasteiger partial charge < -0.3 is 4.52 Å². The molecule has 5 heteroatoms. The zero-order valence-corrected chi connectivity index (χ0v) is 13.8. The smallest absolute Gasteiger partial charge is 0.138 e. The summed E-state index contributed by atoms with van der Waals surface area (Å²) in [4.78, 5) is 2.42. The van der Waals surface area contributed by atoms with E-state index in [4.69, 9.17) is 4.52 Å². The minimum absolute atomic E-state index is 0.220. The van der Waals surface area contributed by atoms with Crippen LogP contribution in [0.25, 0.3) is 0 Å². The van der Waals surface area contributed by atoms with E-state index in [1.807, 2.05) is 26.0 Å². The van der Waals surface area contributed by atoms with Gasteiger partial charge in [-0.15, -0.1) is 0 Å². The largest absolute Gasteiger partial charge is 0.361 e. The van der Waals surface area contributed by atoms with Crippen molar-refractivity contribution >= 4 is 15.9 Å². The van der Waals surface area contributed by atoms with Gasteiger partial charge >= 0.3 is 0 Å². The van der Waals surface area contributed by atoms with Crippen molar-refractivity contribution in [2.45, 2.75) is 39.3 Å². The Kier molecular flexibility index (Phi) is 4.13. The highest BCUT2D eigenvalue weighted by molar-refractivity contribution is 9.10. The van der Waals surface area contributed by atoms with Gasteiger partial charge in [-0.25, -0.2) is 4.39 Å². The Hall–Kier alpha value is -1.20. The Balaban J connectivity index is 1.83. The van der Waals surface area contributed by atoms with Gasteiger partial charge in [0.1, 0.15) is 11.6 Å². The molecule has 0 radical (unpaired) electrons. The van der Waals surface area contributed by atoms with E-state index in [-0.39, 0.29) is 5.82 Å². The van der Waals surface area contributed by atoms with E-state index < -0.39 is 0 Å². The molecule has 0 bridgehead atoms. The first-order valence-electron chi connectivity index (χ1n) is 7.17. The first kappa shape index (κ1) is 14.7. The molecule has 1 aliphatic rings. The van der Waals surface area contributed by atoms with Crippen LogP contribution >= 0.6 is 15.9 Å². The molecule has 3 nitrogen and oxygen atoms in total. The number of halogens is 2. The highest BCUT2D eigenvalue weighted by Crippen LogP contribution is 2.36. The number of aryl methyl sites for hydroxylation is 2. The molecule has 0 aliphatic carbocycles. The Bertz CT molecular complexity index is 636. The van der Waals surface area contributed by atoms with Gasteiger partial charge in [0.15, 0.2) is 0 Å². The van der Waals surface area contributed by atoms with Gasteiger partial charge in [-0.3, -0.25) is 4.90 Å². The summed E-state index contributed by atoms with van der Waals surface area (Å²) >= 11 is 3.25. The molecule has 0 spiro atoms. The fourth-order valence-corrected chi connectivity index (χ4v) is 3.61. The number of nitrogens with zero attached hydrogens (tertiary/aromatic N) is 2. The number of hydrogen-bond acceptors (Lipinski definition) is 3. The Morgan fingerprint density at radius 2 is 2.24 bits per heavy atom. The van der Waals surface area contributed by atoms with Crippen LogP contribution in [0.3, 0.4) is 0 Å². The minimum atomic E-state index is -0.220. The second-order valence-corrected chi connectivity index (χ2v) is 6.47. The van der Waals surface area contributed by atoms with Crippen molar-refractivity contribution < 1.29 is 8.91 Å². The molecule has 1 aliphatic heterocycles. The summed E-state index contributed by atoms with van der Waals surface area (Å²) in [6, 6.07) is 5.57. The van der Waals surface area contributed by atoms with Crippen LogP contribution in [0.2, 0.25) is 0 Å². The lowest BCUT2D eigenvalue weighted by molar-refractivity contribution is 0.245. The molecule has 1 atom stereocenters. The van der Waals surface area contributed by atoms with Gasteiger partial charge in [-0.2, -0.15) is 0 Å². The fourth-order valence-electron chi connectivity index (χ4n) is 3.18. The molecule has 2 aromatic rings. The average Bonchev–Trinajstić information content (AvgIpc) is 3.01. The highest BCUT2D eigenvalue weighted by Gasteiger charge is 2.30. The first-order valence-corrected chi connectivity index (χ1v) is 7.96. The monoisotopic (exact) mass is 352 g/mol. The normalized spacial score (nSPS) is 19.3. The van der Waals surface area contributed by atoms with Crippen molar-refractivity contribution in [3.63, 3.8) is 0 Å². The van der Waals surface area contributed by atoms with Crippen molar-refractivity contribution in [1.82, 2.24) is 10.1 Å². The standard InChI is InChI=1S/C16H18BrFN2O/c1-10-16(11(2)21-19-10)15-4-3-7-20(15)9-12-5-6-14(18)13(17)8-12/h5-6,8,15H,3-4,7,9H2,1-2H3. The van der Waals surface area contributed by atoms with Crippen molar-refractivity contribution in [3.8, 4) is 0 Å². The quantitative estimate of drug-likeness (QED) is 0.812. The molecule has 1 fully saturated rings. The van der Waals surface area contributed by atoms with Gasteiger partial charge in [-0.05, 0) is 66.9 Å². The molecule has 0 amide bonds. The van der Waals surface area contributed by atoms with E-state index in [1.54, 1.807) is 0 Å². The molecule has 112 valence electrons. The van der Waals surface area contributed by atoms with Crippen LogP contribution in [-0.2, 0) is 6.54 Å². The van der Waals surface area contributed by atoms with Gasteiger partial charge in [-0.1, -0.05) is 11.2 Å².